The molecule has 0 aliphatic carbocycles. The minimum absolute atomic E-state index is 0.0399. The summed E-state index contributed by atoms with van der Waals surface area (Å²) in [6.45, 7) is 3.14. The zero-order valence-electron chi connectivity index (χ0n) is 10.8. The molecule has 1 heterocycles. The van der Waals surface area contributed by atoms with Crippen LogP contribution in [0.2, 0.25) is 0 Å². The largest absolute Gasteiger partial charge is 0.481 e. The van der Waals surface area contributed by atoms with E-state index in [4.69, 9.17) is 9.52 Å². The number of carboxylic acid groups (broad SMARTS) is 1. The van der Waals surface area contributed by atoms with Crippen LogP contribution in [0.25, 0.3) is 11.0 Å². The number of nitrogens with one attached hydrogen (secondary N) is 1. The SMILES string of the molecule is CC(C)(CNC(=O)c1cc2ccccc2o1)C(=O)O. The molecular weight excluding hydrogens is 246 g/mol. The monoisotopic (exact) mass is 261 g/mol. The van der Waals surface area contributed by atoms with Crippen molar-refractivity contribution in [1.29, 1.82) is 0 Å². The van der Waals surface area contributed by atoms with Crippen molar-refractivity contribution < 1.29 is 19.1 Å². The smallest absolute Gasteiger partial charge is 0.310 e. The minimum atomic E-state index is -1.01. The maximum atomic E-state index is 11.9. The number of amides is 1. The fourth-order valence-electron chi connectivity index (χ4n) is 1.56. The van der Waals surface area contributed by atoms with Crippen molar-refractivity contribution in [2.45, 2.75) is 13.8 Å². The first-order valence-electron chi connectivity index (χ1n) is 5.90. The zero-order chi connectivity index (χ0) is 14.0. The second-order valence-corrected chi connectivity index (χ2v) is 5.02. The summed E-state index contributed by atoms with van der Waals surface area (Å²) in [4.78, 5) is 22.8. The van der Waals surface area contributed by atoms with Gasteiger partial charge in [-0.1, -0.05) is 18.2 Å². The molecule has 1 amide bonds. The van der Waals surface area contributed by atoms with Gasteiger partial charge in [-0.05, 0) is 26.0 Å². The maximum absolute atomic E-state index is 11.9. The molecule has 5 heteroatoms. The number of rotatable bonds is 4. The van der Waals surface area contributed by atoms with Gasteiger partial charge in [-0.25, -0.2) is 0 Å². The number of benzene rings is 1. The third kappa shape index (κ3) is 2.76. The second-order valence-electron chi connectivity index (χ2n) is 5.02. The van der Waals surface area contributed by atoms with Gasteiger partial charge in [0.25, 0.3) is 5.91 Å². The molecule has 5 nitrogen and oxygen atoms in total. The third-order valence-corrected chi connectivity index (χ3v) is 2.92. The van der Waals surface area contributed by atoms with Gasteiger partial charge < -0.3 is 14.8 Å². The van der Waals surface area contributed by atoms with Crippen molar-refractivity contribution in [1.82, 2.24) is 5.32 Å². The molecular formula is C14H15NO4. The molecule has 0 unspecified atom stereocenters. The predicted octanol–water partition coefficient (Wildman–Crippen LogP) is 2.27. The third-order valence-electron chi connectivity index (χ3n) is 2.92. The standard InChI is InChI=1S/C14H15NO4/c1-14(2,13(17)18)8-15-12(16)11-7-9-5-3-4-6-10(9)19-11/h3-7H,8H2,1-2H3,(H,15,16)(H,17,18). The summed E-state index contributed by atoms with van der Waals surface area (Å²) in [5.74, 6) is -1.19. The highest BCUT2D eigenvalue weighted by Gasteiger charge is 2.28. The van der Waals surface area contributed by atoms with E-state index >= 15 is 0 Å². The van der Waals surface area contributed by atoms with Gasteiger partial charge in [0.05, 0.1) is 5.41 Å². The number of carbonyl (C=O) groups excluding carboxylic acids is 1. The number of furan rings is 1. The summed E-state index contributed by atoms with van der Waals surface area (Å²) in [6, 6.07) is 8.93. The van der Waals surface area contributed by atoms with Crippen LogP contribution >= 0.6 is 0 Å². The highest BCUT2D eigenvalue weighted by Crippen LogP contribution is 2.19. The van der Waals surface area contributed by atoms with E-state index in [0.717, 1.165) is 5.39 Å². The molecule has 0 atom stereocenters. The van der Waals surface area contributed by atoms with E-state index in [1.54, 1.807) is 26.0 Å². The van der Waals surface area contributed by atoms with E-state index in [9.17, 15) is 9.59 Å². The molecule has 19 heavy (non-hydrogen) atoms. The summed E-state index contributed by atoms with van der Waals surface area (Å²) in [6.07, 6.45) is 0. The number of carbonyl (C=O) groups is 2. The van der Waals surface area contributed by atoms with Crippen molar-refractivity contribution in [2.24, 2.45) is 5.41 Å². The van der Waals surface area contributed by atoms with Crippen molar-refractivity contribution in [2.75, 3.05) is 6.54 Å². The molecule has 1 aromatic heterocycles. The Labute approximate surface area is 110 Å². The van der Waals surface area contributed by atoms with Gasteiger partial charge >= 0.3 is 5.97 Å². The Balaban J connectivity index is 2.10. The summed E-state index contributed by atoms with van der Waals surface area (Å²) in [7, 11) is 0. The molecule has 0 aliphatic rings. The van der Waals surface area contributed by atoms with Crippen LogP contribution in [0.4, 0.5) is 0 Å². The molecule has 2 N–H and O–H groups in total. The van der Waals surface area contributed by atoms with Gasteiger partial charge in [0.1, 0.15) is 5.58 Å². The van der Waals surface area contributed by atoms with Crippen LogP contribution in [0.15, 0.2) is 34.7 Å². The number of fused-ring (bicyclic) bond motifs is 1. The Kier molecular flexibility index (Phi) is 3.29. The molecule has 0 spiro atoms. The van der Waals surface area contributed by atoms with E-state index in [-0.39, 0.29) is 12.3 Å². The number of hydrogen-bond acceptors (Lipinski definition) is 3. The molecule has 0 fully saturated rings. The van der Waals surface area contributed by atoms with Gasteiger partial charge in [-0.15, -0.1) is 0 Å². The van der Waals surface area contributed by atoms with E-state index in [1.165, 1.54) is 0 Å². The van der Waals surface area contributed by atoms with Crippen LogP contribution < -0.4 is 5.32 Å². The summed E-state index contributed by atoms with van der Waals surface area (Å²) >= 11 is 0. The van der Waals surface area contributed by atoms with Crippen LogP contribution in [0.3, 0.4) is 0 Å². The topological polar surface area (TPSA) is 79.5 Å². The second kappa shape index (κ2) is 4.76. The molecule has 0 saturated heterocycles. The van der Waals surface area contributed by atoms with Crippen LogP contribution in [0.5, 0.6) is 0 Å². The van der Waals surface area contributed by atoms with Crippen LogP contribution in [0, 0.1) is 5.41 Å². The molecule has 2 rings (SSSR count). The normalized spacial score (nSPS) is 11.5. The molecule has 0 saturated carbocycles. The van der Waals surface area contributed by atoms with E-state index in [0.29, 0.717) is 5.58 Å². The van der Waals surface area contributed by atoms with Gasteiger partial charge in [0.2, 0.25) is 0 Å². The quantitative estimate of drug-likeness (QED) is 0.884. The van der Waals surface area contributed by atoms with E-state index < -0.39 is 17.3 Å². The lowest BCUT2D eigenvalue weighted by atomic mass is 9.94. The summed E-state index contributed by atoms with van der Waals surface area (Å²) < 4.78 is 5.40. The maximum Gasteiger partial charge on any atom is 0.310 e. The minimum Gasteiger partial charge on any atom is -0.481 e. The lowest BCUT2D eigenvalue weighted by Crippen LogP contribution is -2.38. The lowest BCUT2D eigenvalue weighted by Gasteiger charge is -2.18. The number of para-hydroxylation sites is 1. The number of hydrogen-bond donors (Lipinski definition) is 2. The van der Waals surface area contributed by atoms with Crippen LogP contribution in [-0.4, -0.2) is 23.5 Å². The molecule has 1 aromatic carbocycles. The molecule has 0 aliphatic heterocycles. The Bertz CT molecular complexity index is 594. The Morgan fingerprint density at radius 1 is 1.32 bits per heavy atom. The van der Waals surface area contributed by atoms with E-state index in [2.05, 4.69) is 5.32 Å². The average molecular weight is 261 g/mol. The van der Waals surface area contributed by atoms with Crippen molar-refractivity contribution in [3.05, 3.63) is 36.1 Å². The predicted molar refractivity (Wildman–Crippen MR) is 70.0 cm³/mol. The van der Waals surface area contributed by atoms with Gasteiger partial charge in [-0.2, -0.15) is 0 Å². The summed E-state index contributed by atoms with van der Waals surface area (Å²) in [5, 5.41) is 12.4. The molecule has 2 aromatic rings. The zero-order valence-corrected chi connectivity index (χ0v) is 10.8. The van der Waals surface area contributed by atoms with Gasteiger partial charge in [0, 0.05) is 11.9 Å². The number of aliphatic carboxylic acids is 1. The van der Waals surface area contributed by atoms with Crippen molar-refractivity contribution in [3.8, 4) is 0 Å². The first kappa shape index (κ1) is 13.1. The van der Waals surface area contributed by atoms with Gasteiger partial charge in [-0.3, -0.25) is 9.59 Å². The average Bonchev–Trinajstić information content (AvgIpc) is 2.79. The molecule has 0 bridgehead atoms. The lowest BCUT2D eigenvalue weighted by molar-refractivity contribution is -0.146. The number of carboxylic acids is 1. The fraction of sp³-hybridized carbons (Fsp3) is 0.286. The Hall–Kier alpha value is -2.30. The molecule has 0 radical (unpaired) electrons. The Morgan fingerprint density at radius 3 is 2.63 bits per heavy atom. The summed E-state index contributed by atoms with van der Waals surface area (Å²) in [5.41, 5.74) is -0.382. The van der Waals surface area contributed by atoms with E-state index in [1.807, 2.05) is 18.2 Å². The molecule has 100 valence electrons. The first-order chi connectivity index (χ1) is 8.90. The van der Waals surface area contributed by atoms with Gasteiger partial charge in [0.15, 0.2) is 5.76 Å². The first-order valence-corrected chi connectivity index (χ1v) is 5.90. The van der Waals surface area contributed by atoms with Crippen molar-refractivity contribution in [3.63, 3.8) is 0 Å². The Morgan fingerprint density at radius 2 is 2.00 bits per heavy atom. The van der Waals surface area contributed by atoms with Crippen molar-refractivity contribution >= 4 is 22.8 Å². The van der Waals surface area contributed by atoms with Crippen LogP contribution in [0.1, 0.15) is 24.4 Å². The highest BCUT2D eigenvalue weighted by molar-refractivity contribution is 5.96. The fourth-order valence-corrected chi connectivity index (χ4v) is 1.56. The van der Waals surface area contributed by atoms with Crippen LogP contribution in [-0.2, 0) is 4.79 Å². The highest BCUT2D eigenvalue weighted by atomic mass is 16.4.